The Bertz CT molecular complexity index is 1190. The molecule has 0 atom stereocenters. The fourth-order valence-corrected chi connectivity index (χ4v) is 3.81. The Balaban J connectivity index is 1.33. The first-order valence-electron chi connectivity index (χ1n) is 9.60. The van der Waals surface area contributed by atoms with Crippen molar-refractivity contribution in [2.75, 3.05) is 5.75 Å². The largest absolute Gasteiger partial charge is 0.411 e. The molecule has 0 fully saturated rings. The number of thioether (sulfide) groups is 1. The maximum atomic E-state index is 12.3. The zero-order valence-corrected chi connectivity index (χ0v) is 18.6. The van der Waals surface area contributed by atoms with Gasteiger partial charge in [0.2, 0.25) is 11.8 Å². The number of hydrogen-bond acceptors (Lipinski definition) is 6. The van der Waals surface area contributed by atoms with E-state index in [0.717, 1.165) is 28.2 Å². The lowest BCUT2D eigenvalue weighted by molar-refractivity contribution is -0.118. The van der Waals surface area contributed by atoms with E-state index in [4.69, 9.17) is 16.0 Å². The highest BCUT2D eigenvalue weighted by Crippen LogP contribution is 2.24. The molecule has 4 rings (SSSR count). The third kappa shape index (κ3) is 4.98. The van der Waals surface area contributed by atoms with Crippen LogP contribution in [0.3, 0.4) is 0 Å². The molecule has 0 saturated heterocycles. The van der Waals surface area contributed by atoms with Crippen molar-refractivity contribution in [3.05, 3.63) is 76.6 Å². The molecular formula is C22H20ClN5O2S. The van der Waals surface area contributed by atoms with Crippen molar-refractivity contribution in [2.24, 2.45) is 0 Å². The van der Waals surface area contributed by atoms with E-state index in [1.54, 1.807) is 24.3 Å². The van der Waals surface area contributed by atoms with Crippen LogP contribution in [0, 0.1) is 13.8 Å². The highest BCUT2D eigenvalue weighted by molar-refractivity contribution is 7.99. The summed E-state index contributed by atoms with van der Waals surface area (Å²) in [5.74, 6) is 0.439. The number of para-hydroxylation sites is 1. The van der Waals surface area contributed by atoms with Gasteiger partial charge in [-0.2, -0.15) is 5.10 Å². The molecule has 2 aromatic heterocycles. The second kappa shape index (κ2) is 9.36. The second-order valence-corrected chi connectivity index (χ2v) is 8.21. The number of halogens is 1. The van der Waals surface area contributed by atoms with E-state index >= 15 is 0 Å². The average Bonchev–Trinajstić information content (AvgIpc) is 3.36. The Morgan fingerprint density at radius 3 is 2.58 bits per heavy atom. The third-order valence-electron chi connectivity index (χ3n) is 4.73. The van der Waals surface area contributed by atoms with Gasteiger partial charge >= 0.3 is 0 Å². The van der Waals surface area contributed by atoms with Crippen molar-refractivity contribution in [1.82, 2.24) is 25.3 Å². The van der Waals surface area contributed by atoms with Crippen LogP contribution in [0.5, 0.6) is 0 Å². The summed E-state index contributed by atoms with van der Waals surface area (Å²) in [6.07, 6.45) is 0. The smallest absolute Gasteiger partial charge is 0.277 e. The van der Waals surface area contributed by atoms with Crippen LogP contribution < -0.4 is 5.32 Å². The van der Waals surface area contributed by atoms with Crippen molar-refractivity contribution in [3.8, 4) is 17.1 Å². The van der Waals surface area contributed by atoms with Gasteiger partial charge in [0.1, 0.15) is 0 Å². The summed E-state index contributed by atoms with van der Waals surface area (Å²) >= 11 is 7.09. The maximum Gasteiger partial charge on any atom is 0.277 e. The van der Waals surface area contributed by atoms with E-state index in [2.05, 4.69) is 20.6 Å². The Morgan fingerprint density at radius 2 is 1.84 bits per heavy atom. The summed E-state index contributed by atoms with van der Waals surface area (Å²) in [6, 6.07) is 17.0. The van der Waals surface area contributed by atoms with Gasteiger partial charge in [-0.3, -0.25) is 4.79 Å². The van der Waals surface area contributed by atoms with E-state index in [1.807, 2.05) is 48.9 Å². The normalized spacial score (nSPS) is 10.9. The van der Waals surface area contributed by atoms with Gasteiger partial charge in [-0.05, 0) is 50.2 Å². The van der Waals surface area contributed by atoms with Crippen LogP contribution in [0.1, 0.15) is 17.0 Å². The van der Waals surface area contributed by atoms with Crippen LogP contribution in [-0.4, -0.2) is 31.6 Å². The molecule has 31 heavy (non-hydrogen) atoms. The highest BCUT2D eigenvalue weighted by atomic mass is 35.5. The Morgan fingerprint density at radius 1 is 1.10 bits per heavy atom. The van der Waals surface area contributed by atoms with Crippen LogP contribution in [0.2, 0.25) is 5.02 Å². The molecule has 158 valence electrons. The zero-order valence-electron chi connectivity index (χ0n) is 17.0. The molecule has 0 aliphatic rings. The minimum atomic E-state index is -0.123. The van der Waals surface area contributed by atoms with Crippen LogP contribution in [0.15, 0.2) is 64.2 Å². The zero-order chi connectivity index (χ0) is 21.8. The van der Waals surface area contributed by atoms with Gasteiger partial charge in [-0.1, -0.05) is 41.6 Å². The van der Waals surface area contributed by atoms with Crippen LogP contribution in [0.25, 0.3) is 17.1 Å². The van der Waals surface area contributed by atoms with Crippen molar-refractivity contribution < 1.29 is 9.21 Å². The van der Waals surface area contributed by atoms with Crippen molar-refractivity contribution >= 4 is 29.3 Å². The van der Waals surface area contributed by atoms with Gasteiger partial charge in [0.25, 0.3) is 5.22 Å². The lowest BCUT2D eigenvalue weighted by Crippen LogP contribution is -2.25. The van der Waals surface area contributed by atoms with Gasteiger partial charge < -0.3 is 9.73 Å². The Kier molecular flexibility index (Phi) is 6.39. The molecule has 0 aliphatic heterocycles. The minimum absolute atomic E-state index is 0.123. The van der Waals surface area contributed by atoms with E-state index in [-0.39, 0.29) is 11.7 Å². The molecule has 0 bridgehead atoms. The predicted octanol–water partition coefficient (Wildman–Crippen LogP) is 4.60. The Hall–Kier alpha value is -3.10. The van der Waals surface area contributed by atoms with Crippen LogP contribution >= 0.6 is 23.4 Å². The highest BCUT2D eigenvalue weighted by Gasteiger charge is 2.15. The van der Waals surface area contributed by atoms with Gasteiger partial charge in [-0.15, -0.1) is 10.2 Å². The molecular weight excluding hydrogens is 434 g/mol. The number of carbonyl (C=O) groups is 1. The molecule has 0 radical (unpaired) electrons. The number of rotatable bonds is 7. The number of nitrogens with zero attached hydrogens (tertiary/aromatic N) is 4. The van der Waals surface area contributed by atoms with E-state index in [9.17, 15) is 4.79 Å². The van der Waals surface area contributed by atoms with E-state index in [0.29, 0.717) is 22.7 Å². The number of aromatic nitrogens is 4. The first-order valence-corrected chi connectivity index (χ1v) is 11.0. The summed E-state index contributed by atoms with van der Waals surface area (Å²) in [5.41, 5.74) is 4.66. The molecule has 1 amide bonds. The lowest BCUT2D eigenvalue weighted by atomic mass is 10.2. The first kappa shape index (κ1) is 21.1. The quantitative estimate of drug-likeness (QED) is 0.411. The summed E-state index contributed by atoms with van der Waals surface area (Å²) in [5, 5.41) is 16.5. The minimum Gasteiger partial charge on any atom is -0.411 e. The number of hydrogen-bond donors (Lipinski definition) is 1. The SMILES string of the molecule is Cc1nn(-c2ccccc2)c(C)c1CNC(=O)CSc1nnc(-c2ccc(Cl)cc2)o1. The fraction of sp³-hybridized carbons (Fsp3) is 0.182. The molecule has 2 heterocycles. The monoisotopic (exact) mass is 453 g/mol. The third-order valence-corrected chi connectivity index (χ3v) is 5.80. The molecule has 0 unspecified atom stereocenters. The molecule has 7 nitrogen and oxygen atoms in total. The number of nitrogens with one attached hydrogen (secondary N) is 1. The van der Waals surface area contributed by atoms with Crippen molar-refractivity contribution in [3.63, 3.8) is 0 Å². The summed E-state index contributed by atoms with van der Waals surface area (Å²) in [4.78, 5) is 12.3. The van der Waals surface area contributed by atoms with Crippen molar-refractivity contribution in [2.45, 2.75) is 25.6 Å². The predicted molar refractivity (Wildman–Crippen MR) is 120 cm³/mol. The molecule has 2 aromatic carbocycles. The topological polar surface area (TPSA) is 85.8 Å². The summed E-state index contributed by atoms with van der Waals surface area (Å²) in [6.45, 7) is 4.35. The van der Waals surface area contributed by atoms with E-state index in [1.165, 1.54) is 11.8 Å². The number of amides is 1. The van der Waals surface area contributed by atoms with Crippen LogP contribution in [-0.2, 0) is 11.3 Å². The molecule has 0 saturated carbocycles. The fourth-order valence-electron chi connectivity index (χ4n) is 3.09. The summed E-state index contributed by atoms with van der Waals surface area (Å²) in [7, 11) is 0. The first-order chi connectivity index (χ1) is 15.0. The maximum absolute atomic E-state index is 12.3. The van der Waals surface area contributed by atoms with Crippen molar-refractivity contribution in [1.29, 1.82) is 0 Å². The standard InChI is InChI=1S/C22H20ClN5O2S/c1-14-19(15(2)28(27-14)18-6-4-3-5-7-18)12-24-20(29)13-31-22-26-25-21(30-22)16-8-10-17(23)11-9-16/h3-11H,12-13H2,1-2H3,(H,24,29). The van der Waals surface area contributed by atoms with E-state index < -0.39 is 0 Å². The molecule has 0 aliphatic carbocycles. The number of benzene rings is 2. The van der Waals surface area contributed by atoms with Crippen LogP contribution in [0.4, 0.5) is 0 Å². The van der Waals surface area contributed by atoms with Gasteiger partial charge in [0, 0.05) is 28.4 Å². The molecule has 4 aromatic rings. The van der Waals surface area contributed by atoms with Gasteiger partial charge in [-0.25, -0.2) is 4.68 Å². The summed E-state index contributed by atoms with van der Waals surface area (Å²) < 4.78 is 7.51. The lowest BCUT2D eigenvalue weighted by Gasteiger charge is -2.06. The molecule has 9 heteroatoms. The average molecular weight is 454 g/mol. The Labute approximate surface area is 188 Å². The number of carbonyl (C=O) groups excluding carboxylic acids is 1. The molecule has 1 N–H and O–H groups in total. The number of aryl methyl sites for hydroxylation is 1. The van der Waals surface area contributed by atoms with Gasteiger partial charge in [0.05, 0.1) is 17.1 Å². The molecule has 0 spiro atoms. The second-order valence-electron chi connectivity index (χ2n) is 6.84. The van der Waals surface area contributed by atoms with Gasteiger partial charge in [0.15, 0.2) is 0 Å².